The SMILES string of the molecule is C=C(C)C(=O)OCCOCCOc1c(Br)cc(C(C)(C)c2cc(Br)c(OCCOCCO)c(Br)c2)cc1Br. The molecule has 0 heterocycles. The van der Waals surface area contributed by atoms with Crippen molar-refractivity contribution in [1.29, 1.82) is 0 Å². The Hall–Kier alpha value is -0.950. The van der Waals surface area contributed by atoms with Gasteiger partial charge in [0.25, 0.3) is 0 Å². The minimum absolute atomic E-state index is 0.0126. The molecule has 0 amide bonds. The number of aliphatic hydroxyl groups is 1. The molecule has 0 bridgehead atoms. The zero-order valence-corrected chi connectivity index (χ0v) is 27.9. The van der Waals surface area contributed by atoms with Crippen molar-refractivity contribution < 1.29 is 33.6 Å². The van der Waals surface area contributed by atoms with E-state index in [-0.39, 0.29) is 31.8 Å². The van der Waals surface area contributed by atoms with Gasteiger partial charge in [-0.1, -0.05) is 20.4 Å². The Balaban J connectivity index is 2.02. The van der Waals surface area contributed by atoms with Gasteiger partial charge in [-0.25, -0.2) is 4.79 Å². The summed E-state index contributed by atoms with van der Waals surface area (Å²) in [5.74, 6) is 0.945. The van der Waals surface area contributed by atoms with E-state index in [0.717, 1.165) is 29.0 Å². The smallest absolute Gasteiger partial charge is 0.333 e. The van der Waals surface area contributed by atoms with Crippen LogP contribution < -0.4 is 9.47 Å². The van der Waals surface area contributed by atoms with E-state index in [2.05, 4.69) is 84.1 Å². The lowest BCUT2D eigenvalue weighted by molar-refractivity contribution is -0.140. The fraction of sp³-hybridized carbons (Fsp3) is 0.444. The Kier molecular flexibility index (Phi) is 14.3. The van der Waals surface area contributed by atoms with Crippen molar-refractivity contribution in [3.8, 4) is 11.5 Å². The molecular weight excluding hydrogens is 756 g/mol. The molecule has 0 saturated heterocycles. The summed E-state index contributed by atoms with van der Waals surface area (Å²) in [6.45, 7) is 11.6. The number of hydrogen-bond acceptors (Lipinski definition) is 7. The van der Waals surface area contributed by atoms with Crippen LogP contribution in [0, 0.1) is 0 Å². The number of ether oxygens (including phenoxy) is 5. The van der Waals surface area contributed by atoms with Crippen LogP contribution in [0.5, 0.6) is 11.5 Å². The summed E-state index contributed by atoms with van der Waals surface area (Å²) in [7, 11) is 0. The first kappa shape index (κ1) is 33.3. The number of rotatable bonds is 16. The van der Waals surface area contributed by atoms with Crippen LogP contribution in [0.3, 0.4) is 0 Å². The maximum Gasteiger partial charge on any atom is 0.333 e. The molecule has 0 aliphatic carbocycles. The molecule has 11 heteroatoms. The monoisotopic (exact) mass is 784 g/mol. The lowest BCUT2D eigenvalue weighted by Gasteiger charge is -2.28. The van der Waals surface area contributed by atoms with Crippen LogP contribution in [0.25, 0.3) is 0 Å². The van der Waals surface area contributed by atoms with E-state index in [1.807, 2.05) is 24.3 Å². The molecule has 2 aromatic rings. The Morgan fingerprint density at radius 3 is 1.55 bits per heavy atom. The average Bonchev–Trinajstić information content (AvgIpc) is 2.85. The lowest BCUT2D eigenvalue weighted by atomic mass is 9.78. The normalized spacial score (nSPS) is 11.4. The highest BCUT2D eigenvalue weighted by Crippen LogP contribution is 2.44. The van der Waals surface area contributed by atoms with E-state index in [0.29, 0.717) is 43.5 Å². The van der Waals surface area contributed by atoms with Gasteiger partial charge in [0.2, 0.25) is 0 Å². The highest BCUT2D eigenvalue weighted by Gasteiger charge is 2.27. The van der Waals surface area contributed by atoms with Crippen molar-refractivity contribution in [3.63, 3.8) is 0 Å². The Bertz CT molecular complexity index is 1060. The fourth-order valence-corrected chi connectivity index (χ4v) is 6.11. The standard InChI is InChI=1S/C27H32Br4O7/c1-17(2)26(33)38-12-9-35-8-11-37-25-22(30)15-19(16-23(25)31)27(3,4)18-13-20(28)24(21(29)14-18)36-10-7-34-6-5-32/h13-16,32H,1,5-12H2,2-4H3. The highest BCUT2D eigenvalue weighted by molar-refractivity contribution is 9.11. The number of aliphatic hydroxyl groups excluding tert-OH is 1. The number of esters is 1. The van der Waals surface area contributed by atoms with Gasteiger partial charge in [-0.05, 0) is 106 Å². The van der Waals surface area contributed by atoms with E-state index >= 15 is 0 Å². The second-order valence-electron chi connectivity index (χ2n) is 8.72. The summed E-state index contributed by atoms with van der Waals surface area (Å²) in [5, 5.41) is 8.81. The summed E-state index contributed by atoms with van der Waals surface area (Å²) in [4.78, 5) is 11.4. The van der Waals surface area contributed by atoms with Gasteiger partial charge in [0.15, 0.2) is 0 Å². The summed E-state index contributed by atoms with van der Waals surface area (Å²) < 4.78 is 30.8. The molecule has 0 atom stereocenters. The van der Waals surface area contributed by atoms with Gasteiger partial charge < -0.3 is 28.8 Å². The zero-order chi connectivity index (χ0) is 28.3. The number of carbonyl (C=O) groups excluding carboxylic acids is 1. The van der Waals surface area contributed by atoms with Crippen LogP contribution in [0.1, 0.15) is 31.9 Å². The van der Waals surface area contributed by atoms with Gasteiger partial charge in [-0.2, -0.15) is 0 Å². The van der Waals surface area contributed by atoms with E-state index in [1.54, 1.807) is 6.92 Å². The van der Waals surface area contributed by atoms with Crippen molar-refractivity contribution in [1.82, 2.24) is 0 Å². The largest absolute Gasteiger partial charge is 0.489 e. The maximum absolute atomic E-state index is 11.4. The Morgan fingerprint density at radius 1 is 0.763 bits per heavy atom. The van der Waals surface area contributed by atoms with Crippen LogP contribution in [0.4, 0.5) is 0 Å². The first-order valence-electron chi connectivity index (χ1n) is 11.8. The Morgan fingerprint density at radius 2 is 1.16 bits per heavy atom. The van der Waals surface area contributed by atoms with E-state index in [4.69, 9.17) is 28.8 Å². The second-order valence-corrected chi connectivity index (χ2v) is 12.1. The summed E-state index contributed by atoms with van der Waals surface area (Å²) >= 11 is 14.6. The second kappa shape index (κ2) is 16.3. The fourth-order valence-electron chi connectivity index (χ4n) is 3.27. The lowest BCUT2D eigenvalue weighted by Crippen LogP contribution is -2.20. The molecule has 2 aromatic carbocycles. The van der Waals surface area contributed by atoms with Gasteiger partial charge in [-0.15, -0.1) is 0 Å². The molecule has 7 nitrogen and oxygen atoms in total. The molecule has 210 valence electrons. The van der Waals surface area contributed by atoms with Crippen LogP contribution in [-0.4, -0.2) is 63.9 Å². The first-order valence-corrected chi connectivity index (χ1v) is 15.0. The average molecular weight is 788 g/mol. The topological polar surface area (TPSA) is 83.5 Å². The predicted molar refractivity (Wildman–Crippen MR) is 161 cm³/mol. The van der Waals surface area contributed by atoms with Crippen LogP contribution in [0.2, 0.25) is 0 Å². The van der Waals surface area contributed by atoms with Crippen molar-refractivity contribution in [2.75, 3.05) is 52.9 Å². The molecule has 2 rings (SSSR count). The molecule has 0 aliphatic heterocycles. The van der Waals surface area contributed by atoms with Crippen molar-refractivity contribution in [2.45, 2.75) is 26.2 Å². The maximum atomic E-state index is 11.4. The van der Waals surface area contributed by atoms with Gasteiger partial charge in [0.05, 0.1) is 50.9 Å². The van der Waals surface area contributed by atoms with E-state index in [1.165, 1.54) is 0 Å². The van der Waals surface area contributed by atoms with Crippen molar-refractivity contribution in [2.24, 2.45) is 0 Å². The minimum Gasteiger partial charge on any atom is -0.489 e. The number of hydrogen-bond donors (Lipinski definition) is 1. The number of benzene rings is 2. The van der Waals surface area contributed by atoms with Gasteiger partial charge in [0, 0.05) is 11.0 Å². The highest BCUT2D eigenvalue weighted by atomic mass is 79.9. The summed E-state index contributed by atoms with van der Waals surface area (Å²) in [6.07, 6.45) is 0. The van der Waals surface area contributed by atoms with E-state index in [9.17, 15) is 4.79 Å². The molecule has 0 spiro atoms. The summed E-state index contributed by atoms with van der Waals surface area (Å²) in [5.41, 5.74) is 2.16. The van der Waals surface area contributed by atoms with Gasteiger partial charge >= 0.3 is 5.97 Å². The van der Waals surface area contributed by atoms with Crippen LogP contribution in [0.15, 0.2) is 54.3 Å². The van der Waals surface area contributed by atoms with Gasteiger partial charge in [-0.3, -0.25) is 0 Å². The minimum atomic E-state index is -0.426. The number of carbonyl (C=O) groups is 1. The van der Waals surface area contributed by atoms with Crippen molar-refractivity contribution >= 4 is 69.7 Å². The van der Waals surface area contributed by atoms with E-state index < -0.39 is 5.97 Å². The third-order valence-corrected chi connectivity index (χ3v) is 7.79. The molecule has 0 saturated carbocycles. The molecule has 0 unspecified atom stereocenters. The summed E-state index contributed by atoms with van der Waals surface area (Å²) in [6, 6.07) is 8.18. The Labute approximate surface area is 257 Å². The molecule has 0 aliphatic rings. The third kappa shape index (κ3) is 9.91. The molecule has 0 radical (unpaired) electrons. The van der Waals surface area contributed by atoms with Crippen LogP contribution >= 0.6 is 63.7 Å². The first-order chi connectivity index (χ1) is 18.0. The van der Waals surface area contributed by atoms with Crippen LogP contribution in [-0.2, 0) is 24.4 Å². The predicted octanol–water partition coefficient (Wildman–Crippen LogP) is 6.96. The third-order valence-electron chi connectivity index (χ3n) is 5.43. The number of halogens is 4. The zero-order valence-electron chi connectivity index (χ0n) is 21.6. The molecule has 0 fully saturated rings. The van der Waals surface area contributed by atoms with Gasteiger partial charge in [0.1, 0.15) is 31.3 Å². The molecular formula is C27H32Br4O7. The van der Waals surface area contributed by atoms with Crippen molar-refractivity contribution in [3.05, 3.63) is 65.4 Å². The molecule has 38 heavy (non-hydrogen) atoms. The molecule has 0 aromatic heterocycles. The molecule has 1 N–H and O–H groups in total. The quantitative estimate of drug-likeness (QED) is 0.112.